The lowest BCUT2D eigenvalue weighted by Crippen LogP contribution is -2.56. The lowest BCUT2D eigenvalue weighted by molar-refractivity contribution is -0.143. The van der Waals surface area contributed by atoms with Gasteiger partial charge in [-0.1, -0.05) is 24.3 Å². The average molecular weight is 500 g/mol. The molecule has 2 amide bonds. The van der Waals surface area contributed by atoms with Gasteiger partial charge < -0.3 is 20.9 Å². The van der Waals surface area contributed by atoms with Gasteiger partial charge in [0.25, 0.3) is 5.56 Å². The maximum atomic E-state index is 13.3. The number of nitrogens with zero attached hydrogens (tertiary/aromatic N) is 3. The predicted octanol–water partition coefficient (Wildman–Crippen LogP) is 1.85. The van der Waals surface area contributed by atoms with E-state index in [1.165, 1.54) is 15.5 Å². The number of nitrogen functional groups attached to an aromatic ring is 1. The van der Waals surface area contributed by atoms with Crippen LogP contribution in [0, 0.1) is 6.92 Å². The zero-order chi connectivity index (χ0) is 26.6. The van der Waals surface area contributed by atoms with Crippen molar-refractivity contribution in [1.82, 2.24) is 19.8 Å². The fourth-order valence-electron chi connectivity index (χ4n) is 4.12. The number of aromatic nitrogens is 2. The normalized spacial score (nSPS) is 16.1. The van der Waals surface area contributed by atoms with Gasteiger partial charge in [0, 0.05) is 24.7 Å². The van der Waals surface area contributed by atoms with E-state index >= 15 is 0 Å². The van der Waals surface area contributed by atoms with Gasteiger partial charge in [0.1, 0.15) is 17.7 Å². The number of carboxylic acid groups (broad SMARTS) is 1. The van der Waals surface area contributed by atoms with Gasteiger partial charge in [-0.05, 0) is 51.7 Å². The highest BCUT2D eigenvalue weighted by atomic mass is 16.6. The first-order valence-corrected chi connectivity index (χ1v) is 11.8. The molecule has 2 unspecified atom stereocenters. The Bertz CT molecular complexity index is 1200. The molecule has 2 heterocycles. The Labute approximate surface area is 209 Å². The van der Waals surface area contributed by atoms with E-state index < -0.39 is 35.7 Å². The number of aliphatic carboxylic acids is 1. The van der Waals surface area contributed by atoms with Crippen LogP contribution in [0.15, 0.2) is 35.1 Å². The van der Waals surface area contributed by atoms with Crippen molar-refractivity contribution in [1.29, 1.82) is 0 Å². The molecule has 11 heteroatoms. The van der Waals surface area contributed by atoms with E-state index in [1.54, 1.807) is 27.7 Å². The van der Waals surface area contributed by atoms with Gasteiger partial charge in [-0.15, -0.1) is 0 Å². The van der Waals surface area contributed by atoms with E-state index in [1.807, 2.05) is 24.3 Å². The number of carbonyl (C=O) groups excluding carboxylic acids is 2. The summed E-state index contributed by atoms with van der Waals surface area (Å²) in [5.41, 5.74) is 7.03. The number of aryl methyl sites for hydroxylation is 1. The molecular formula is C25H33N5O6. The van der Waals surface area contributed by atoms with Gasteiger partial charge in [-0.2, -0.15) is 0 Å². The van der Waals surface area contributed by atoms with Crippen LogP contribution < -0.4 is 16.6 Å². The van der Waals surface area contributed by atoms with Crippen LogP contribution in [0.1, 0.15) is 50.4 Å². The summed E-state index contributed by atoms with van der Waals surface area (Å²) < 4.78 is 6.77. The van der Waals surface area contributed by atoms with Crippen LogP contribution in [-0.4, -0.2) is 55.2 Å². The minimum atomic E-state index is -1.22. The smallest absolute Gasteiger partial charge is 0.411 e. The molecule has 1 aromatic carbocycles. The van der Waals surface area contributed by atoms with E-state index in [4.69, 9.17) is 10.5 Å². The number of anilines is 1. The zero-order valence-electron chi connectivity index (χ0n) is 21.0. The number of nitrogens with two attached hydrogens (primary N) is 1. The number of hydrogen-bond acceptors (Lipinski definition) is 7. The SMILES string of the molecule is Cc1cc(=O)n(CCCC(NC(=O)C2Cc3ccccc3CN2C(=O)OC(C)(C)C)C(=O)O)c(N)n1. The molecule has 1 aliphatic rings. The van der Waals surface area contributed by atoms with Gasteiger partial charge >= 0.3 is 12.1 Å². The lowest BCUT2D eigenvalue weighted by atomic mass is 9.93. The molecule has 0 spiro atoms. The summed E-state index contributed by atoms with van der Waals surface area (Å²) in [5, 5.41) is 12.3. The monoisotopic (exact) mass is 499 g/mol. The van der Waals surface area contributed by atoms with E-state index in [0.29, 0.717) is 5.69 Å². The number of carbonyl (C=O) groups is 3. The zero-order valence-corrected chi connectivity index (χ0v) is 21.0. The van der Waals surface area contributed by atoms with Crippen molar-refractivity contribution in [2.45, 2.75) is 77.7 Å². The lowest BCUT2D eigenvalue weighted by Gasteiger charge is -2.37. The topological polar surface area (TPSA) is 157 Å². The van der Waals surface area contributed by atoms with Gasteiger partial charge in [-0.25, -0.2) is 14.6 Å². The van der Waals surface area contributed by atoms with Crippen LogP contribution in [0.4, 0.5) is 10.7 Å². The Morgan fingerprint density at radius 1 is 1.25 bits per heavy atom. The van der Waals surface area contributed by atoms with Gasteiger partial charge in [0.2, 0.25) is 11.9 Å². The van der Waals surface area contributed by atoms with Crippen molar-refractivity contribution in [3.63, 3.8) is 0 Å². The Morgan fingerprint density at radius 3 is 2.53 bits per heavy atom. The predicted molar refractivity (Wildman–Crippen MR) is 132 cm³/mol. The van der Waals surface area contributed by atoms with Crippen molar-refractivity contribution in [2.75, 3.05) is 5.73 Å². The van der Waals surface area contributed by atoms with E-state index in [9.17, 15) is 24.3 Å². The van der Waals surface area contributed by atoms with Crippen molar-refractivity contribution in [3.8, 4) is 0 Å². The maximum Gasteiger partial charge on any atom is 0.411 e. The number of nitrogens with one attached hydrogen (secondary N) is 1. The number of ether oxygens (including phenoxy) is 1. The Kier molecular flexibility index (Phi) is 8.01. The van der Waals surface area contributed by atoms with Gasteiger partial charge in [0.15, 0.2) is 0 Å². The molecule has 3 rings (SSSR count). The highest BCUT2D eigenvalue weighted by Crippen LogP contribution is 2.25. The number of fused-ring (bicyclic) bond motifs is 1. The van der Waals surface area contributed by atoms with E-state index in [-0.39, 0.29) is 43.9 Å². The molecule has 11 nitrogen and oxygen atoms in total. The number of carboxylic acids is 1. The molecule has 1 aliphatic heterocycles. The first kappa shape index (κ1) is 26.7. The van der Waals surface area contributed by atoms with Crippen molar-refractivity contribution >= 4 is 23.9 Å². The largest absolute Gasteiger partial charge is 0.480 e. The fourth-order valence-corrected chi connectivity index (χ4v) is 4.12. The van der Waals surface area contributed by atoms with Crippen molar-refractivity contribution in [3.05, 3.63) is 57.5 Å². The molecule has 0 fully saturated rings. The highest BCUT2D eigenvalue weighted by Gasteiger charge is 2.38. The molecule has 0 bridgehead atoms. The quantitative estimate of drug-likeness (QED) is 0.521. The summed E-state index contributed by atoms with van der Waals surface area (Å²) in [7, 11) is 0. The standard InChI is InChI=1S/C25H33N5O6/c1-15-12-20(31)29(23(26)27-15)11-7-10-18(22(33)34)28-21(32)19-13-16-8-5-6-9-17(16)14-30(19)24(35)36-25(2,3)4/h5-6,8-9,12,18-19H,7,10-11,13-14H2,1-4H3,(H2,26,27)(H,28,32)(H,33,34). The summed E-state index contributed by atoms with van der Waals surface area (Å²) in [6.07, 6.45) is -0.105. The summed E-state index contributed by atoms with van der Waals surface area (Å²) in [4.78, 5) is 55.7. The summed E-state index contributed by atoms with van der Waals surface area (Å²) in [5.74, 6) is -1.76. The molecule has 0 saturated carbocycles. The summed E-state index contributed by atoms with van der Waals surface area (Å²) in [6.45, 7) is 7.18. The third kappa shape index (κ3) is 6.61. The third-order valence-electron chi connectivity index (χ3n) is 5.83. The molecule has 1 aromatic heterocycles. The first-order valence-electron chi connectivity index (χ1n) is 11.8. The minimum Gasteiger partial charge on any atom is -0.480 e. The summed E-state index contributed by atoms with van der Waals surface area (Å²) in [6, 6.07) is 6.67. The molecule has 36 heavy (non-hydrogen) atoms. The number of amides is 2. The average Bonchev–Trinajstić information content (AvgIpc) is 2.77. The molecule has 2 aromatic rings. The summed E-state index contributed by atoms with van der Waals surface area (Å²) >= 11 is 0. The first-order chi connectivity index (χ1) is 16.9. The second-order valence-electron chi connectivity index (χ2n) is 9.88. The fraction of sp³-hybridized carbons (Fsp3) is 0.480. The number of hydrogen-bond donors (Lipinski definition) is 3. The van der Waals surface area contributed by atoms with Crippen LogP contribution in [0.5, 0.6) is 0 Å². The van der Waals surface area contributed by atoms with E-state index in [2.05, 4.69) is 10.3 Å². The van der Waals surface area contributed by atoms with Crippen molar-refractivity contribution < 1.29 is 24.2 Å². The molecule has 0 saturated heterocycles. The number of rotatable bonds is 7. The molecule has 194 valence electrons. The minimum absolute atomic E-state index is 0.0461. The van der Waals surface area contributed by atoms with Crippen LogP contribution in [0.25, 0.3) is 0 Å². The maximum absolute atomic E-state index is 13.3. The molecule has 0 aliphatic carbocycles. The molecule has 4 N–H and O–H groups in total. The Morgan fingerprint density at radius 2 is 1.92 bits per heavy atom. The molecule has 2 atom stereocenters. The second-order valence-corrected chi connectivity index (χ2v) is 9.88. The number of benzene rings is 1. The van der Waals surface area contributed by atoms with E-state index in [0.717, 1.165) is 11.1 Å². The molecular weight excluding hydrogens is 466 g/mol. The van der Waals surface area contributed by atoms with Gasteiger partial charge in [0.05, 0.1) is 6.54 Å². The second kappa shape index (κ2) is 10.8. The van der Waals surface area contributed by atoms with Crippen LogP contribution in [0.2, 0.25) is 0 Å². The molecule has 0 radical (unpaired) electrons. The van der Waals surface area contributed by atoms with Gasteiger partial charge in [-0.3, -0.25) is 19.1 Å². The highest BCUT2D eigenvalue weighted by molar-refractivity contribution is 5.90. The Balaban J connectivity index is 1.73. The van der Waals surface area contributed by atoms with Crippen LogP contribution in [0.3, 0.4) is 0 Å². The van der Waals surface area contributed by atoms with Crippen molar-refractivity contribution in [2.24, 2.45) is 0 Å². The van der Waals surface area contributed by atoms with Crippen LogP contribution >= 0.6 is 0 Å². The van der Waals surface area contributed by atoms with Crippen LogP contribution in [-0.2, 0) is 33.8 Å². The third-order valence-corrected chi connectivity index (χ3v) is 5.83. The Hall–Kier alpha value is -3.89.